The van der Waals surface area contributed by atoms with E-state index in [9.17, 15) is 0 Å². The summed E-state index contributed by atoms with van der Waals surface area (Å²) in [4.78, 5) is 8.17. The van der Waals surface area contributed by atoms with Crippen LogP contribution in [0.25, 0.3) is 0 Å². The van der Waals surface area contributed by atoms with Gasteiger partial charge in [0.05, 0.1) is 11.9 Å². The van der Waals surface area contributed by atoms with Crippen LogP contribution < -0.4 is 10.5 Å². The third-order valence-corrected chi connectivity index (χ3v) is 2.27. The van der Waals surface area contributed by atoms with Crippen LogP contribution in [-0.4, -0.2) is 9.97 Å². The van der Waals surface area contributed by atoms with Gasteiger partial charge in [-0.05, 0) is 25.1 Å². The number of hydrogen-bond donors (Lipinski definition) is 1. The minimum Gasteiger partial charge on any atom is -0.453 e. The smallest absolute Gasteiger partial charge is 0.150 e. The van der Waals surface area contributed by atoms with Crippen LogP contribution in [0, 0.1) is 6.92 Å². The summed E-state index contributed by atoms with van der Waals surface area (Å²) in [5.74, 6) is 1.41. The van der Waals surface area contributed by atoms with Crippen molar-refractivity contribution in [2.45, 2.75) is 13.5 Å². The molecule has 0 unspecified atom stereocenters. The van der Waals surface area contributed by atoms with Crippen molar-refractivity contribution in [3.63, 3.8) is 0 Å². The molecular weight excluding hydrogens is 202 g/mol. The molecule has 0 atom stereocenters. The van der Waals surface area contributed by atoms with E-state index >= 15 is 0 Å². The second kappa shape index (κ2) is 4.72. The summed E-state index contributed by atoms with van der Waals surface area (Å²) in [5.41, 5.74) is 7.39. The summed E-state index contributed by atoms with van der Waals surface area (Å²) in [6.07, 6.45) is 5.09. The molecule has 0 aliphatic heterocycles. The van der Waals surface area contributed by atoms with Gasteiger partial charge in [-0.1, -0.05) is 0 Å². The van der Waals surface area contributed by atoms with Crippen molar-refractivity contribution in [1.82, 2.24) is 9.97 Å². The zero-order valence-electron chi connectivity index (χ0n) is 9.05. The van der Waals surface area contributed by atoms with Crippen LogP contribution in [-0.2, 0) is 6.54 Å². The Morgan fingerprint density at radius 3 is 2.88 bits per heavy atom. The lowest BCUT2D eigenvalue weighted by molar-refractivity contribution is 0.467. The number of pyridine rings is 2. The van der Waals surface area contributed by atoms with Crippen LogP contribution >= 0.6 is 0 Å². The van der Waals surface area contributed by atoms with Gasteiger partial charge < -0.3 is 10.5 Å². The van der Waals surface area contributed by atoms with E-state index in [0.717, 1.165) is 17.0 Å². The van der Waals surface area contributed by atoms with Crippen LogP contribution in [0.4, 0.5) is 0 Å². The number of nitrogens with zero attached hydrogens (tertiary/aromatic N) is 2. The Morgan fingerprint density at radius 2 is 2.12 bits per heavy atom. The second-order valence-electron chi connectivity index (χ2n) is 3.38. The first kappa shape index (κ1) is 10.6. The summed E-state index contributed by atoms with van der Waals surface area (Å²) < 4.78 is 5.73. The standard InChI is InChI=1S/C12H13N3O/c1-9-11(3-2-5-15-9)16-12-8-14-6-4-10(12)7-13/h2-6,8H,7,13H2,1H3. The molecule has 0 fully saturated rings. The molecule has 16 heavy (non-hydrogen) atoms. The Morgan fingerprint density at radius 1 is 1.25 bits per heavy atom. The maximum Gasteiger partial charge on any atom is 0.150 e. The molecule has 0 aliphatic carbocycles. The lowest BCUT2D eigenvalue weighted by atomic mass is 10.2. The Bertz CT molecular complexity index is 485. The molecule has 0 amide bonds. The molecule has 2 aromatic heterocycles. The summed E-state index contributed by atoms with van der Waals surface area (Å²) in [6.45, 7) is 2.32. The number of hydrogen-bond acceptors (Lipinski definition) is 4. The van der Waals surface area contributed by atoms with E-state index in [0.29, 0.717) is 12.3 Å². The van der Waals surface area contributed by atoms with Crippen molar-refractivity contribution in [3.8, 4) is 11.5 Å². The predicted molar refractivity (Wildman–Crippen MR) is 61.2 cm³/mol. The Hall–Kier alpha value is -1.94. The fourth-order valence-electron chi connectivity index (χ4n) is 1.37. The van der Waals surface area contributed by atoms with Crippen LogP contribution in [0.3, 0.4) is 0 Å². The molecule has 4 heteroatoms. The fraction of sp³-hybridized carbons (Fsp3) is 0.167. The SMILES string of the molecule is Cc1ncccc1Oc1cnccc1CN. The van der Waals surface area contributed by atoms with E-state index in [2.05, 4.69) is 9.97 Å². The first-order valence-corrected chi connectivity index (χ1v) is 5.03. The van der Waals surface area contributed by atoms with Gasteiger partial charge in [-0.3, -0.25) is 9.97 Å². The monoisotopic (exact) mass is 215 g/mol. The summed E-state index contributed by atoms with van der Waals surface area (Å²) >= 11 is 0. The normalized spacial score (nSPS) is 10.1. The van der Waals surface area contributed by atoms with Crippen molar-refractivity contribution in [3.05, 3.63) is 48.0 Å². The molecule has 0 spiro atoms. The van der Waals surface area contributed by atoms with Crippen LogP contribution in [0.2, 0.25) is 0 Å². The molecule has 4 nitrogen and oxygen atoms in total. The molecule has 82 valence electrons. The Labute approximate surface area is 94.1 Å². The van der Waals surface area contributed by atoms with Crippen molar-refractivity contribution in [1.29, 1.82) is 0 Å². The van der Waals surface area contributed by atoms with E-state index in [4.69, 9.17) is 10.5 Å². The van der Waals surface area contributed by atoms with Crippen LogP contribution in [0.1, 0.15) is 11.3 Å². The van der Waals surface area contributed by atoms with Crippen molar-refractivity contribution in [2.75, 3.05) is 0 Å². The first-order chi connectivity index (χ1) is 7.81. The zero-order valence-corrected chi connectivity index (χ0v) is 9.05. The molecule has 2 N–H and O–H groups in total. The lowest BCUT2D eigenvalue weighted by Crippen LogP contribution is -2.00. The topological polar surface area (TPSA) is 61.0 Å². The lowest BCUT2D eigenvalue weighted by Gasteiger charge is -2.10. The van der Waals surface area contributed by atoms with Crippen molar-refractivity contribution >= 4 is 0 Å². The van der Waals surface area contributed by atoms with E-state index in [1.54, 1.807) is 18.6 Å². The fourth-order valence-corrected chi connectivity index (χ4v) is 1.37. The Balaban J connectivity index is 2.30. The van der Waals surface area contributed by atoms with E-state index in [1.807, 2.05) is 25.1 Å². The van der Waals surface area contributed by atoms with Gasteiger partial charge in [0.1, 0.15) is 11.5 Å². The van der Waals surface area contributed by atoms with Crippen LogP contribution in [0.15, 0.2) is 36.8 Å². The number of ether oxygens (including phenoxy) is 1. The quantitative estimate of drug-likeness (QED) is 0.851. The van der Waals surface area contributed by atoms with Crippen LogP contribution in [0.5, 0.6) is 11.5 Å². The van der Waals surface area contributed by atoms with Gasteiger partial charge in [0, 0.05) is 24.5 Å². The van der Waals surface area contributed by atoms with Gasteiger partial charge in [0.25, 0.3) is 0 Å². The van der Waals surface area contributed by atoms with Gasteiger partial charge in [0.2, 0.25) is 0 Å². The number of aryl methyl sites for hydroxylation is 1. The molecule has 0 aromatic carbocycles. The maximum absolute atomic E-state index is 5.73. The van der Waals surface area contributed by atoms with E-state index in [1.165, 1.54) is 0 Å². The van der Waals surface area contributed by atoms with Gasteiger partial charge in [-0.15, -0.1) is 0 Å². The highest BCUT2D eigenvalue weighted by atomic mass is 16.5. The van der Waals surface area contributed by atoms with E-state index in [-0.39, 0.29) is 0 Å². The van der Waals surface area contributed by atoms with E-state index < -0.39 is 0 Å². The molecule has 2 rings (SSSR count). The van der Waals surface area contributed by atoms with Crippen molar-refractivity contribution in [2.24, 2.45) is 5.73 Å². The molecule has 0 aliphatic rings. The minimum absolute atomic E-state index is 0.428. The minimum atomic E-state index is 0.428. The molecule has 0 saturated carbocycles. The number of nitrogens with two attached hydrogens (primary N) is 1. The zero-order chi connectivity index (χ0) is 11.4. The maximum atomic E-state index is 5.73. The summed E-state index contributed by atoms with van der Waals surface area (Å²) in [6, 6.07) is 5.55. The molecule has 0 radical (unpaired) electrons. The average Bonchev–Trinajstić information content (AvgIpc) is 2.33. The largest absolute Gasteiger partial charge is 0.453 e. The first-order valence-electron chi connectivity index (χ1n) is 5.03. The van der Waals surface area contributed by atoms with Gasteiger partial charge in [-0.2, -0.15) is 0 Å². The van der Waals surface area contributed by atoms with Crippen molar-refractivity contribution < 1.29 is 4.74 Å². The van der Waals surface area contributed by atoms with Gasteiger partial charge in [-0.25, -0.2) is 0 Å². The number of aromatic nitrogens is 2. The summed E-state index contributed by atoms with van der Waals surface area (Å²) in [5, 5.41) is 0. The van der Waals surface area contributed by atoms with Gasteiger partial charge in [0.15, 0.2) is 0 Å². The molecule has 0 saturated heterocycles. The summed E-state index contributed by atoms with van der Waals surface area (Å²) in [7, 11) is 0. The van der Waals surface area contributed by atoms with Gasteiger partial charge >= 0.3 is 0 Å². The predicted octanol–water partition coefficient (Wildman–Crippen LogP) is 2.04. The highest BCUT2D eigenvalue weighted by molar-refractivity contribution is 5.36. The number of rotatable bonds is 3. The second-order valence-corrected chi connectivity index (χ2v) is 3.38. The highest BCUT2D eigenvalue weighted by Crippen LogP contribution is 2.25. The Kier molecular flexibility index (Phi) is 3.12. The molecule has 2 heterocycles. The third kappa shape index (κ3) is 2.17. The molecule has 2 aromatic rings. The highest BCUT2D eigenvalue weighted by Gasteiger charge is 2.05. The average molecular weight is 215 g/mol. The molecule has 0 bridgehead atoms. The molecular formula is C12H13N3O. The third-order valence-electron chi connectivity index (χ3n) is 2.27.